The van der Waals surface area contributed by atoms with Crippen LogP contribution in [0.25, 0.3) is 0 Å². The fourth-order valence-corrected chi connectivity index (χ4v) is 13.4. The molecule has 0 aromatic carbocycles. The number of aliphatic hydroxyl groups excluding tert-OH is 5. The number of hydrogen-bond acceptors (Lipinski definition) is 10. The molecule has 49 heavy (non-hydrogen) atoms. The van der Waals surface area contributed by atoms with Crippen molar-refractivity contribution in [3.05, 3.63) is 12.2 Å². The molecule has 5 aliphatic carbocycles. The fourth-order valence-electron chi connectivity index (χ4n) is 13.4. The van der Waals surface area contributed by atoms with Crippen molar-refractivity contribution in [1.29, 1.82) is 0 Å². The second-order valence-electron chi connectivity index (χ2n) is 18.3. The lowest BCUT2D eigenvalue weighted by molar-refractivity contribution is -0.302. The van der Waals surface area contributed by atoms with E-state index in [1.165, 1.54) is 24.8 Å². The first-order valence-electron chi connectivity index (χ1n) is 19.0. The Morgan fingerprint density at radius 3 is 2.22 bits per heavy atom. The SMILES string of the molecule is C=C(C)C1CCC2(CO)CCC3(C)C(CCC4C5(C)CCC(OC(=O)OCCOC6OC(CO)C(O)C(O)C6O)C(C)(C)C5CCC43C)C12. The highest BCUT2D eigenvalue weighted by Crippen LogP contribution is 2.77. The van der Waals surface area contributed by atoms with Gasteiger partial charge in [-0.2, -0.15) is 0 Å². The number of hydrogen-bond donors (Lipinski definition) is 5. The van der Waals surface area contributed by atoms with Gasteiger partial charge in [-0.15, -0.1) is 0 Å². The summed E-state index contributed by atoms with van der Waals surface area (Å²) >= 11 is 0. The molecule has 280 valence electrons. The molecule has 1 heterocycles. The number of carbonyl (C=O) groups is 1. The van der Waals surface area contributed by atoms with Gasteiger partial charge in [-0.05, 0) is 122 Å². The predicted molar refractivity (Wildman–Crippen MR) is 182 cm³/mol. The Kier molecular flexibility index (Phi) is 10.2. The molecule has 5 saturated carbocycles. The van der Waals surface area contributed by atoms with Crippen LogP contribution in [0.3, 0.4) is 0 Å². The molecule has 6 fully saturated rings. The first kappa shape index (κ1) is 37.5. The van der Waals surface area contributed by atoms with Gasteiger partial charge in [0.15, 0.2) is 6.29 Å². The minimum atomic E-state index is -1.54. The van der Waals surface area contributed by atoms with Gasteiger partial charge in [0.05, 0.1) is 13.2 Å². The van der Waals surface area contributed by atoms with E-state index < -0.39 is 43.5 Å². The van der Waals surface area contributed by atoms with E-state index in [0.717, 1.165) is 44.9 Å². The summed E-state index contributed by atoms with van der Waals surface area (Å²) in [6.45, 7) is 18.4. The smallest absolute Gasteiger partial charge is 0.432 e. The van der Waals surface area contributed by atoms with Crippen molar-refractivity contribution in [3.8, 4) is 0 Å². The van der Waals surface area contributed by atoms with Gasteiger partial charge < -0.3 is 44.5 Å². The fraction of sp³-hybridized carbons (Fsp3) is 0.923. The molecule has 0 radical (unpaired) electrons. The Bertz CT molecular complexity index is 1240. The summed E-state index contributed by atoms with van der Waals surface area (Å²) in [7, 11) is 0. The zero-order chi connectivity index (χ0) is 35.7. The van der Waals surface area contributed by atoms with Crippen LogP contribution in [0.2, 0.25) is 0 Å². The molecule has 0 bridgehead atoms. The van der Waals surface area contributed by atoms with E-state index in [2.05, 4.69) is 48.1 Å². The van der Waals surface area contributed by atoms with Crippen molar-refractivity contribution >= 4 is 6.16 Å². The molecule has 6 rings (SSSR count). The van der Waals surface area contributed by atoms with Gasteiger partial charge in [-0.25, -0.2) is 4.79 Å². The molecule has 0 aromatic heterocycles. The number of fused-ring (bicyclic) bond motifs is 7. The summed E-state index contributed by atoms with van der Waals surface area (Å²) < 4.78 is 22.2. The molecule has 0 amide bonds. The van der Waals surface area contributed by atoms with Crippen LogP contribution < -0.4 is 0 Å². The van der Waals surface area contributed by atoms with Crippen LogP contribution in [0.1, 0.15) is 106 Å². The summed E-state index contributed by atoms with van der Waals surface area (Å²) in [6, 6.07) is 0. The highest BCUT2D eigenvalue weighted by Gasteiger charge is 2.71. The molecular weight excluding hydrogens is 628 g/mol. The van der Waals surface area contributed by atoms with Crippen molar-refractivity contribution in [1.82, 2.24) is 0 Å². The van der Waals surface area contributed by atoms with Crippen LogP contribution in [0.4, 0.5) is 4.79 Å². The molecule has 5 N–H and O–H groups in total. The Morgan fingerprint density at radius 1 is 0.816 bits per heavy atom. The molecule has 0 aromatic rings. The van der Waals surface area contributed by atoms with Crippen LogP contribution in [0, 0.1) is 56.7 Å². The third kappa shape index (κ3) is 5.73. The second kappa shape index (κ2) is 13.3. The van der Waals surface area contributed by atoms with Crippen LogP contribution >= 0.6 is 0 Å². The first-order chi connectivity index (χ1) is 23.0. The number of carbonyl (C=O) groups excluding carboxylic acids is 1. The summed E-state index contributed by atoms with van der Waals surface area (Å²) in [5.41, 5.74) is 1.65. The van der Waals surface area contributed by atoms with Crippen molar-refractivity contribution in [3.63, 3.8) is 0 Å². The molecule has 1 saturated heterocycles. The first-order valence-corrected chi connectivity index (χ1v) is 19.0. The molecular formula is C39H64O10. The van der Waals surface area contributed by atoms with E-state index in [9.17, 15) is 30.3 Å². The zero-order valence-corrected chi connectivity index (χ0v) is 30.7. The van der Waals surface area contributed by atoms with Crippen LogP contribution in [-0.2, 0) is 18.9 Å². The third-order valence-corrected chi connectivity index (χ3v) is 16.2. The predicted octanol–water partition coefficient (Wildman–Crippen LogP) is 4.97. The summed E-state index contributed by atoms with van der Waals surface area (Å²) in [4.78, 5) is 12.9. The average Bonchev–Trinajstić information content (AvgIpc) is 3.45. The number of allylic oxidation sites excluding steroid dienone is 1. The van der Waals surface area contributed by atoms with Crippen molar-refractivity contribution in [2.45, 2.75) is 143 Å². The van der Waals surface area contributed by atoms with Gasteiger partial charge in [0.2, 0.25) is 0 Å². The van der Waals surface area contributed by atoms with E-state index in [-0.39, 0.29) is 46.4 Å². The monoisotopic (exact) mass is 692 g/mol. The number of aliphatic hydroxyl groups is 5. The summed E-state index contributed by atoms with van der Waals surface area (Å²) in [5, 5.41) is 50.3. The lowest BCUT2D eigenvalue weighted by Gasteiger charge is -2.73. The van der Waals surface area contributed by atoms with Crippen LogP contribution in [0.15, 0.2) is 12.2 Å². The Hall–Kier alpha value is -1.27. The molecule has 6 aliphatic rings. The minimum absolute atomic E-state index is 0.0517. The van der Waals surface area contributed by atoms with E-state index in [1.807, 2.05) is 0 Å². The standard InChI is InChI=1S/C39H64O10/c1-22(2)23-10-15-39(21-41)17-16-37(6)24(29(23)39)8-9-27-36(5)13-12-28(35(3,4)26(36)11-14-38(27,37)7)49-34(45)47-19-18-46-33-32(44)31(43)30(42)25(20-40)48-33/h23-33,40-44H,1,8-21H2,2-7H3. The maximum atomic E-state index is 12.9. The highest BCUT2D eigenvalue weighted by molar-refractivity contribution is 5.60. The largest absolute Gasteiger partial charge is 0.508 e. The average molecular weight is 693 g/mol. The Morgan fingerprint density at radius 2 is 1.55 bits per heavy atom. The summed E-state index contributed by atoms with van der Waals surface area (Å²) in [6.07, 6.45) is 3.14. The molecule has 15 atom stereocenters. The van der Waals surface area contributed by atoms with Crippen LogP contribution in [0.5, 0.6) is 0 Å². The zero-order valence-electron chi connectivity index (χ0n) is 30.7. The Labute approximate surface area is 292 Å². The normalized spacial score (nSPS) is 50.3. The molecule has 10 nitrogen and oxygen atoms in total. The highest BCUT2D eigenvalue weighted by atomic mass is 16.7. The van der Waals surface area contributed by atoms with E-state index in [4.69, 9.17) is 18.9 Å². The maximum Gasteiger partial charge on any atom is 0.508 e. The topological polar surface area (TPSA) is 155 Å². The van der Waals surface area contributed by atoms with Gasteiger partial charge in [-0.1, -0.05) is 46.8 Å². The Balaban J connectivity index is 1.09. The third-order valence-electron chi connectivity index (χ3n) is 16.2. The molecule has 15 unspecified atom stereocenters. The van der Waals surface area contributed by atoms with Gasteiger partial charge in [0, 0.05) is 12.0 Å². The quantitative estimate of drug-likeness (QED) is 0.134. The maximum absolute atomic E-state index is 12.9. The number of rotatable bonds is 8. The lowest BCUT2D eigenvalue weighted by Crippen LogP contribution is -2.67. The van der Waals surface area contributed by atoms with E-state index in [0.29, 0.717) is 36.2 Å². The van der Waals surface area contributed by atoms with Crippen molar-refractivity contribution in [2.75, 3.05) is 26.4 Å². The van der Waals surface area contributed by atoms with Gasteiger partial charge >= 0.3 is 6.16 Å². The van der Waals surface area contributed by atoms with E-state index >= 15 is 0 Å². The molecule has 10 heteroatoms. The van der Waals surface area contributed by atoms with Gasteiger partial charge in [-0.3, -0.25) is 0 Å². The van der Waals surface area contributed by atoms with Gasteiger partial charge in [0.25, 0.3) is 0 Å². The number of ether oxygens (including phenoxy) is 4. The second-order valence-corrected chi connectivity index (χ2v) is 18.3. The van der Waals surface area contributed by atoms with Gasteiger partial charge in [0.1, 0.15) is 37.1 Å². The van der Waals surface area contributed by atoms with Crippen molar-refractivity contribution < 1.29 is 49.3 Å². The molecule has 0 spiro atoms. The van der Waals surface area contributed by atoms with E-state index in [1.54, 1.807) is 0 Å². The van der Waals surface area contributed by atoms with Crippen LogP contribution in [-0.4, -0.2) is 94.9 Å². The summed E-state index contributed by atoms with van der Waals surface area (Å²) in [5.74, 6) is 2.61. The lowest BCUT2D eigenvalue weighted by atomic mass is 9.32. The van der Waals surface area contributed by atoms with Crippen molar-refractivity contribution in [2.24, 2.45) is 56.7 Å². The minimum Gasteiger partial charge on any atom is -0.432 e. The molecule has 1 aliphatic heterocycles.